The van der Waals surface area contributed by atoms with Crippen molar-refractivity contribution in [1.82, 2.24) is 0 Å². The maximum absolute atomic E-state index is 14.4. The van der Waals surface area contributed by atoms with Crippen LogP contribution >= 0.6 is 0 Å². The third kappa shape index (κ3) is 2.93. The lowest BCUT2D eigenvalue weighted by Gasteiger charge is -2.39. The number of carbonyl (C=O) groups is 1. The average molecular weight is 472 g/mol. The molecule has 3 atom stereocenters. The van der Waals surface area contributed by atoms with Gasteiger partial charge in [0.15, 0.2) is 6.04 Å². The Morgan fingerprint density at radius 1 is 0.800 bits per heavy atom. The van der Waals surface area contributed by atoms with Crippen LogP contribution in [-0.2, 0) is 4.79 Å². The maximum atomic E-state index is 14.4. The molecule has 0 aromatic heterocycles. The molecule has 0 bridgehead atoms. The van der Waals surface area contributed by atoms with Crippen molar-refractivity contribution in [3.8, 4) is 0 Å². The number of hydrogen-bond acceptors (Lipinski definition) is 1. The lowest BCUT2D eigenvalue weighted by Crippen LogP contribution is -2.71. The first kappa shape index (κ1) is 26.5. The second-order valence-corrected chi connectivity index (χ2v) is 6.63. The summed E-state index contributed by atoms with van der Waals surface area (Å²) in [4.78, 5) is 11.9. The van der Waals surface area contributed by atoms with Gasteiger partial charge < -0.3 is 0 Å². The zero-order valence-electron chi connectivity index (χ0n) is 15.1. The van der Waals surface area contributed by atoms with E-state index >= 15 is 0 Å². The minimum Gasteiger partial charge on any atom is -0.237 e. The molecule has 1 amide bonds. The Morgan fingerprint density at radius 2 is 1.20 bits per heavy atom. The summed E-state index contributed by atoms with van der Waals surface area (Å²) >= 11 is 0. The molecule has 1 heterocycles. The quantitative estimate of drug-likeness (QED) is 0.199. The molecule has 0 spiro atoms. The van der Waals surface area contributed by atoms with E-state index in [1.54, 1.807) is 0 Å². The summed E-state index contributed by atoms with van der Waals surface area (Å²) in [6, 6.07) is -4.91. The summed E-state index contributed by atoms with van der Waals surface area (Å²) in [6.07, 6.45) is -7.62. The number of rotatable bonds is 8. The molecule has 30 heavy (non-hydrogen) atoms. The first-order valence-electron chi connectivity index (χ1n) is 8.11. The molecule has 15 heteroatoms. The first-order valence-corrected chi connectivity index (χ1v) is 8.11. The van der Waals surface area contributed by atoms with Crippen molar-refractivity contribution in [1.29, 1.82) is 0 Å². The molecule has 1 rings (SSSR count). The van der Waals surface area contributed by atoms with Gasteiger partial charge in [-0.15, -0.1) is 0 Å². The summed E-state index contributed by atoms with van der Waals surface area (Å²) < 4.78 is 171. The van der Waals surface area contributed by atoms with Gasteiger partial charge in [0, 0.05) is 12.5 Å². The van der Waals surface area contributed by atoms with Gasteiger partial charge in [-0.1, -0.05) is 13.5 Å². The van der Waals surface area contributed by atoms with Crippen LogP contribution in [0.5, 0.6) is 0 Å². The van der Waals surface area contributed by atoms with Gasteiger partial charge in [-0.2, -0.15) is 57.1 Å². The molecule has 0 aromatic carbocycles. The van der Waals surface area contributed by atoms with Crippen LogP contribution in [-0.4, -0.2) is 64.8 Å². The number of amides is 1. The highest BCUT2D eigenvalue weighted by atomic mass is 19.4. The van der Waals surface area contributed by atoms with Crippen molar-refractivity contribution in [3.63, 3.8) is 0 Å². The molecule has 1 fully saturated rings. The fourth-order valence-corrected chi connectivity index (χ4v) is 3.56. The topological polar surface area (TPSA) is 17.1 Å². The van der Waals surface area contributed by atoms with Gasteiger partial charge in [0.1, 0.15) is 0 Å². The Morgan fingerprint density at radius 3 is 1.50 bits per heavy atom. The summed E-state index contributed by atoms with van der Waals surface area (Å²) in [5, 5.41) is 0. The highest BCUT2D eigenvalue weighted by Gasteiger charge is 2.95. The number of quaternary nitrogens is 1. The van der Waals surface area contributed by atoms with Gasteiger partial charge in [0.25, 0.3) is 0 Å². The van der Waals surface area contributed by atoms with Crippen LogP contribution in [0.3, 0.4) is 0 Å². The maximum Gasteiger partial charge on any atom is 0.460 e. The average Bonchev–Trinajstić information content (AvgIpc) is 3.29. The van der Waals surface area contributed by atoms with Crippen LogP contribution in [0.2, 0.25) is 0 Å². The van der Waals surface area contributed by atoms with E-state index < -0.39 is 71.2 Å². The molecule has 0 aliphatic carbocycles. The Bertz CT molecular complexity index is 699. The predicted molar refractivity (Wildman–Crippen MR) is 74.7 cm³/mol. The van der Waals surface area contributed by atoms with E-state index in [0.717, 1.165) is 13.8 Å². The highest BCUT2D eigenvalue weighted by molar-refractivity contribution is 5.82. The van der Waals surface area contributed by atoms with E-state index in [4.69, 9.17) is 0 Å². The number of alkyl halides is 13. The van der Waals surface area contributed by atoms with E-state index in [2.05, 4.69) is 6.58 Å². The van der Waals surface area contributed by atoms with Crippen LogP contribution in [0.4, 0.5) is 57.1 Å². The third-order valence-corrected chi connectivity index (χ3v) is 5.22. The van der Waals surface area contributed by atoms with Gasteiger partial charge in [0.2, 0.25) is 6.04 Å². The SMILES string of the molecule is C=CC(=O)[N+]1(CC)C(CC)C1C(F)(F)C(F)(F)C(F)(F)C(F)(F)C(F)(F)C(F)(F)F. The van der Waals surface area contributed by atoms with E-state index in [-0.39, 0.29) is 0 Å². The first-order chi connectivity index (χ1) is 13.1. The molecule has 1 aliphatic heterocycles. The molecular weight excluding hydrogens is 457 g/mol. The van der Waals surface area contributed by atoms with Crippen molar-refractivity contribution in [2.24, 2.45) is 0 Å². The predicted octanol–water partition coefficient (Wildman–Crippen LogP) is 5.44. The van der Waals surface area contributed by atoms with Gasteiger partial charge in [0.05, 0.1) is 6.54 Å². The van der Waals surface area contributed by atoms with Gasteiger partial charge in [-0.25, -0.2) is 9.28 Å². The Hall–Kier alpha value is -1.54. The Balaban J connectivity index is 3.61. The molecular formula is C15H15F13NO+. The van der Waals surface area contributed by atoms with Crippen molar-refractivity contribution >= 4 is 5.91 Å². The number of halogens is 13. The summed E-state index contributed by atoms with van der Waals surface area (Å²) in [5.41, 5.74) is 0. The third-order valence-electron chi connectivity index (χ3n) is 5.22. The second kappa shape index (κ2) is 6.99. The van der Waals surface area contributed by atoms with Gasteiger partial charge >= 0.3 is 41.7 Å². The normalized spacial score (nSPS) is 26.5. The zero-order chi connectivity index (χ0) is 24.4. The fraction of sp³-hybridized carbons (Fsp3) is 0.800. The second-order valence-electron chi connectivity index (χ2n) is 6.63. The number of likely N-dealkylation sites (N-methyl/N-ethyl adjacent to an activating group) is 1. The Kier molecular flexibility index (Phi) is 6.17. The van der Waals surface area contributed by atoms with E-state index in [0.29, 0.717) is 6.08 Å². The molecule has 1 saturated heterocycles. The monoisotopic (exact) mass is 472 g/mol. The van der Waals surface area contributed by atoms with Crippen LogP contribution in [0, 0.1) is 0 Å². The lowest BCUT2D eigenvalue weighted by atomic mass is 9.91. The van der Waals surface area contributed by atoms with Crippen molar-refractivity contribution in [3.05, 3.63) is 12.7 Å². The number of carbonyl (C=O) groups excluding carboxylic acids is 1. The van der Waals surface area contributed by atoms with Gasteiger partial charge in [-0.05, 0) is 6.92 Å². The molecule has 0 saturated carbocycles. The fourth-order valence-electron chi connectivity index (χ4n) is 3.56. The molecule has 0 N–H and O–H groups in total. The van der Waals surface area contributed by atoms with Crippen LogP contribution in [0.15, 0.2) is 12.7 Å². The van der Waals surface area contributed by atoms with Gasteiger partial charge in [-0.3, -0.25) is 0 Å². The van der Waals surface area contributed by atoms with E-state index in [1.165, 1.54) is 0 Å². The van der Waals surface area contributed by atoms with Crippen molar-refractivity contribution in [2.45, 2.75) is 68.1 Å². The highest BCUT2D eigenvalue weighted by Crippen LogP contribution is 2.64. The molecule has 0 aromatic rings. The molecule has 0 radical (unpaired) electrons. The largest absolute Gasteiger partial charge is 0.460 e. The minimum absolute atomic E-state index is 0.380. The zero-order valence-corrected chi connectivity index (χ0v) is 15.1. The smallest absolute Gasteiger partial charge is 0.237 e. The number of hydrogen-bond donors (Lipinski definition) is 0. The van der Waals surface area contributed by atoms with Crippen LogP contribution < -0.4 is 0 Å². The molecule has 1 aliphatic rings. The molecule has 176 valence electrons. The van der Waals surface area contributed by atoms with Crippen LogP contribution in [0.1, 0.15) is 20.3 Å². The summed E-state index contributed by atoms with van der Waals surface area (Å²) in [7, 11) is 0. The van der Waals surface area contributed by atoms with Crippen molar-refractivity contribution < 1.29 is 66.4 Å². The minimum atomic E-state index is -7.95. The van der Waals surface area contributed by atoms with E-state index in [9.17, 15) is 61.9 Å². The molecule has 2 nitrogen and oxygen atoms in total. The van der Waals surface area contributed by atoms with Crippen LogP contribution in [0.25, 0.3) is 0 Å². The van der Waals surface area contributed by atoms with Crippen molar-refractivity contribution in [2.75, 3.05) is 6.54 Å². The Labute approximate surface area is 160 Å². The van der Waals surface area contributed by atoms with E-state index in [1.807, 2.05) is 0 Å². The lowest BCUT2D eigenvalue weighted by molar-refractivity contribution is -0.752. The summed E-state index contributed by atoms with van der Waals surface area (Å²) in [6.45, 7) is 4.24. The molecule has 3 unspecified atom stereocenters. The number of nitrogens with zero attached hydrogens (tertiary/aromatic N) is 1. The standard InChI is InChI=1S/C15H15F13NO/c1-4-7-9(29(7,6-3)8(30)5-2)10(16,17)11(18,19)12(20,21)13(22,23)14(24,25)15(26,27)28/h5,7,9H,2,4,6H2,1,3H3/q+1. The summed E-state index contributed by atoms with van der Waals surface area (Å²) in [5.74, 6) is -38.6.